The molecule has 4 rings (SSSR count). The molecule has 2 heterocycles. The predicted octanol–water partition coefficient (Wildman–Crippen LogP) is 0.0274. The second kappa shape index (κ2) is 9.77. The first-order chi connectivity index (χ1) is 15.1. The summed E-state index contributed by atoms with van der Waals surface area (Å²) in [6.07, 6.45) is 3.12. The second-order valence-electron chi connectivity index (χ2n) is 6.65. The molecular weight excluding hydrogens is 477 g/mol. The molecule has 162 valence electrons. The minimum Gasteiger partial charge on any atom is -0.744 e. The Morgan fingerprint density at radius 3 is 1.91 bits per heavy atom. The van der Waals surface area contributed by atoms with Gasteiger partial charge < -0.3 is 4.55 Å². The van der Waals surface area contributed by atoms with Gasteiger partial charge in [-0.1, -0.05) is 30.3 Å². The van der Waals surface area contributed by atoms with Crippen LogP contribution in [0.1, 0.15) is 0 Å². The molecular formula is C21H14N3NaO6S2. The summed E-state index contributed by atoms with van der Waals surface area (Å²) >= 11 is 0. The van der Waals surface area contributed by atoms with Gasteiger partial charge in [-0.25, -0.2) is 18.4 Å². The van der Waals surface area contributed by atoms with Crippen LogP contribution in [0.3, 0.4) is 0 Å². The topological polar surface area (TPSA) is 150 Å². The first-order valence-corrected chi connectivity index (χ1v) is 11.9. The molecule has 0 radical (unpaired) electrons. The minimum absolute atomic E-state index is 0. The van der Waals surface area contributed by atoms with E-state index in [9.17, 15) is 25.9 Å². The molecule has 0 aliphatic carbocycles. The summed E-state index contributed by atoms with van der Waals surface area (Å²) in [6, 6.07) is 16.0. The van der Waals surface area contributed by atoms with Crippen LogP contribution in [0, 0.1) is 0 Å². The van der Waals surface area contributed by atoms with Crippen LogP contribution in [0.4, 0.5) is 0 Å². The molecule has 4 aromatic rings. The van der Waals surface area contributed by atoms with Gasteiger partial charge in [0.1, 0.15) is 15.8 Å². The van der Waals surface area contributed by atoms with Crippen molar-refractivity contribution >= 4 is 20.2 Å². The third-order valence-electron chi connectivity index (χ3n) is 4.56. The molecule has 33 heavy (non-hydrogen) atoms. The predicted molar refractivity (Wildman–Crippen MR) is 114 cm³/mol. The van der Waals surface area contributed by atoms with Gasteiger partial charge in [-0.2, -0.15) is 8.42 Å². The fraction of sp³-hybridized carbons (Fsp3) is 0. The summed E-state index contributed by atoms with van der Waals surface area (Å²) < 4.78 is 65.6. The van der Waals surface area contributed by atoms with Gasteiger partial charge in [-0.3, -0.25) is 9.54 Å². The second-order valence-corrected chi connectivity index (χ2v) is 9.45. The van der Waals surface area contributed by atoms with Crippen molar-refractivity contribution in [1.82, 2.24) is 15.0 Å². The van der Waals surface area contributed by atoms with E-state index in [2.05, 4.69) is 15.0 Å². The van der Waals surface area contributed by atoms with E-state index in [0.29, 0.717) is 33.9 Å². The number of aromatic nitrogens is 3. The number of hydrogen-bond acceptors (Lipinski definition) is 8. The van der Waals surface area contributed by atoms with E-state index >= 15 is 0 Å². The van der Waals surface area contributed by atoms with Crippen molar-refractivity contribution in [2.24, 2.45) is 0 Å². The van der Waals surface area contributed by atoms with Gasteiger partial charge in [0.05, 0.1) is 15.5 Å². The van der Waals surface area contributed by atoms with E-state index in [1.165, 1.54) is 54.7 Å². The van der Waals surface area contributed by atoms with Gasteiger partial charge >= 0.3 is 29.6 Å². The zero-order valence-corrected chi connectivity index (χ0v) is 20.8. The van der Waals surface area contributed by atoms with Crippen LogP contribution in [0.25, 0.3) is 33.9 Å². The molecule has 1 N–H and O–H groups in total. The summed E-state index contributed by atoms with van der Waals surface area (Å²) in [5, 5.41) is 0. The smallest absolute Gasteiger partial charge is 0.744 e. The normalized spacial score (nSPS) is 11.6. The van der Waals surface area contributed by atoms with Crippen molar-refractivity contribution in [2.45, 2.75) is 9.79 Å². The molecule has 2 aromatic carbocycles. The van der Waals surface area contributed by atoms with Crippen molar-refractivity contribution in [3.63, 3.8) is 0 Å². The number of nitrogens with zero attached hydrogens (tertiary/aromatic N) is 3. The monoisotopic (exact) mass is 491 g/mol. The number of rotatable bonds is 5. The zero-order valence-electron chi connectivity index (χ0n) is 17.2. The largest absolute Gasteiger partial charge is 1.00 e. The van der Waals surface area contributed by atoms with Crippen molar-refractivity contribution in [1.29, 1.82) is 0 Å². The van der Waals surface area contributed by atoms with Gasteiger partial charge in [-0.05, 0) is 42.0 Å². The Morgan fingerprint density at radius 1 is 0.758 bits per heavy atom. The molecule has 9 nitrogen and oxygen atoms in total. The van der Waals surface area contributed by atoms with Gasteiger partial charge in [0.25, 0.3) is 10.1 Å². The van der Waals surface area contributed by atoms with Gasteiger partial charge in [0, 0.05) is 23.5 Å². The van der Waals surface area contributed by atoms with E-state index in [1.54, 1.807) is 24.4 Å². The maximum Gasteiger partial charge on any atom is 1.00 e. The van der Waals surface area contributed by atoms with Crippen LogP contribution < -0.4 is 29.6 Å². The average Bonchev–Trinajstić information content (AvgIpc) is 2.78. The quantitative estimate of drug-likeness (QED) is 0.301. The zero-order chi connectivity index (χ0) is 22.9. The molecule has 0 spiro atoms. The van der Waals surface area contributed by atoms with Gasteiger partial charge in [0.2, 0.25) is 0 Å². The summed E-state index contributed by atoms with van der Waals surface area (Å²) in [5.41, 5.74) is 2.51. The Morgan fingerprint density at radius 2 is 1.36 bits per heavy atom. The number of benzene rings is 2. The summed E-state index contributed by atoms with van der Waals surface area (Å²) in [5.74, 6) is 0.321. The van der Waals surface area contributed by atoms with E-state index < -0.39 is 20.2 Å². The van der Waals surface area contributed by atoms with Crippen LogP contribution in [-0.2, 0) is 20.2 Å². The van der Waals surface area contributed by atoms with Crippen LogP contribution in [0.15, 0.2) is 88.9 Å². The SMILES string of the molecule is O=S(=O)([O-])c1ccc(-c2cnc(-c3ccccn3)nc2-c2ccc(S(=O)(=O)O)cc2)cc1.[Na+]. The van der Waals surface area contributed by atoms with E-state index in [4.69, 9.17) is 0 Å². The third-order valence-corrected chi connectivity index (χ3v) is 6.28. The molecule has 0 unspecified atom stereocenters. The van der Waals surface area contributed by atoms with E-state index in [0.717, 1.165) is 0 Å². The molecule has 0 saturated carbocycles. The third kappa shape index (κ3) is 5.71. The van der Waals surface area contributed by atoms with Crippen molar-refractivity contribution in [3.8, 4) is 33.9 Å². The first kappa shape index (κ1) is 25.1. The van der Waals surface area contributed by atoms with Crippen LogP contribution in [0.5, 0.6) is 0 Å². The van der Waals surface area contributed by atoms with Gasteiger partial charge in [0.15, 0.2) is 5.82 Å². The fourth-order valence-electron chi connectivity index (χ4n) is 3.02. The van der Waals surface area contributed by atoms with Crippen molar-refractivity contribution in [3.05, 3.63) is 79.1 Å². The number of hydrogen-bond donors (Lipinski definition) is 1. The molecule has 0 saturated heterocycles. The maximum absolute atomic E-state index is 11.4. The Balaban J connectivity index is 0.00000306. The van der Waals surface area contributed by atoms with Crippen LogP contribution in [0.2, 0.25) is 0 Å². The van der Waals surface area contributed by atoms with Gasteiger partial charge in [-0.15, -0.1) is 0 Å². The molecule has 0 amide bonds. The Labute approximate surface area is 212 Å². The van der Waals surface area contributed by atoms with Crippen LogP contribution in [-0.4, -0.2) is 40.9 Å². The maximum atomic E-state index is 11.4. The minimum atomic E-state index is -4.60. The Hall–Kier alpha value is -2.51. The molecule has 2 aromatic heterocycles. The summed E-state index contributed by atoms with van der Waals surface area (Å²) in [6.45, 7) is 0. The Bertz CT molecular complexity index is 1490. The molecule has 12 heteroatoms. The van der Waals surface area contributed by atoms with E-state index in [1.807, 2.05) is 0 Å². The molecule has 0 aliphatic heterocycles. The van der Waals surface area contributed by atoms with Crippen LogP contribution >= 0.6 is 0 Å². The van der Waals surface area contributed by atoms with Crippen molar-refractivity contribution in [2.75, 3.05) is 0 Å². The fourth-order valence-corrected chi connectivity index (χ4v) is 3.97. The molecule has 0 fully saturated rings. The summed E-state index contributed by atoms with van der Waals surface area (Å²) in [4.78, 5) is 12.5. The molecule has 0 aliphatic rings. The average molecular weight is 491 g/mol. The molecule has 0 bridgehead atoms. The number of pyridine rings is 1. The first-order valence-electron chi connectivity index (χ1n) is 9.06. The van der Waals surface area contributed by atoms with Crippen molar-refractivity contribution < 1.29 is 55.5 Å². The Kier molecular flexibility index (Phi) is 7.44. The standard InChI is InChI=1S/C21H15N3O6S2.Na/c25-31(26,27)16-8-4-14(5-9-16)18-13-23-21(19-3-1-2-12-22-19)24-20(18)15-6-10-17(11-7-15)32(28,29)30;/h1-13H,(H,25,26,27)(H,28,29,30);/q;+1/p-1. The summed E-state index contributed by atoms with van der Waals surface area (Å²) in [7, 11) is -8.96. The molecule has 0 atom stereocenters. The van der Waals surface area contributed by atoms with E-state index in [-0.39, 0.29) is 39.3 Å².